The number of para-hydroxylation sites is 3. The first-order chi connectivity index (χ1) is 18.5. The number of hydrogen-bond donors (Lipinski definition) is 2. The summed E-state index contributed by atoms with van der Waals surface area (Å²) in [6, 6.07) is 14.6. The van der Waals surface area contributed by atoms with Crippen LogP contribution in [0.15, 0.2) is 71.1 Å². The number of allylic oxidation sites excluding steroid dienone is 4. The summed E-state index contributed by atoms with van der Waals surface area (Å²) in [5.41, 5.74) is 4.02. The van der Waals surface area contributed by atoms with Gasteiger partial charge in [0, 0.05) is 46.9 Å². The van der Waals surface area contributed by atoms with E-state index in [4.69, 9.17) is 9.47 Å². The van der Waals surface area contributed by atoms with E-state index in [2.05, 4.69) is 38.3 Å². The number of rotatable bonds is 6. The lowest BCUT2D eigenvalue weighted by molar-refractivity contribution is -0.120. The van der Waals surface area contributed by atoms with Gasteiger partial charge in [-0.15, -0.1) is 0 Å². The first kappa shape index (κ1) is 26.7. The number of carbonyl (C=O) groups is 3. The molecular weight excluding hydrogens is 492 g/mol. The molecule has 2 N–H and O–H groups in total. The van der Waals surface area contributed by atoms with E-state index >= 15 is 0 Å². The molecule has 0 radical (unpaired) electrons. The topological polar surface area (TPSA) is 93.7 Å². The average molecular weight is 529 g/mol. The van der Waals surface area contributed by atoms with Crippen molar-refractivity contribution in [3.8, 4) is 11.5 Å². The molecule has 0 spiro atoms. The third-order valence-corrected chi connectivity index (χ3v) is 7.69. The lowest BCUT2D eigenvalue weighted by Crippen LogP contribution is -2.42. The zero-order valence-corrected chi connectivity index (χ0v) is 23.3. The summed E-state index contributed by atoms with van der Waals surface area (Å²) in [4.78, 5) is 40.1. The number of nitrogens with one attached hydrogen (secondary N) is 2. The Kier molecular flexibility index (Phi) is 6.87. The fourth-order valence-electron chi connectivity index (χ4n) is 6.13. The number of Topliss-reactive ketones (excluding diaryl/α,β-unsaturated/α-hetero) is 2. The number of anilines is 1. The second kappa shape index (κ2) is 10.0. The van der Waals surface area contributed by atoms with Crippen LogP contribution in [0.25, 0.3) is 0 Å². The molecule has 2 aromatic rings. The smallest absolute Gasteiger partial charge is 0.262 e. The number of amides is 1. The zero-order chi connectivity index (χ0) is 27.9. The summed E-state index contributed by atoms with van der Waals surface area (Å²) in [5.74, 6) is 0.256. The fourth-order valence-corrected chi connectivity index (χ4v) is 6.13. The molecule has 0 atom stereocenters. The molecule has 39 heavy (non-hydrogen) atoms. The molecule has 0 unspecified atom stereocenters. The van der Waals surface area contributed by atoms with Crippen molar-refractivity contribution in [1.29, 1.82) is 0 Å². The standard InChI is InChI=1S/C32H36N2O5/c1-31(2)14-21-29(23(35)16-31)28(30-22(33-21)15-32(3,4)17-24(30)36)19-10-6-8-12-25(19)39-18-27(37)34-20-11-7-9-13-26(20)38-5/h6-13,28,33H,14-18H2,1-5H3,(H,34,37). The van der Waals surface area contributed by atoms with Crippen molar-refractivity contribution in [3.05, 3.63) is 76.6 Å². The van der Waals surface area contributed by atoms with Gasteiger partial charge in [-0.25, -0.2) is 0 Å². The third kappa shape index (κ3) is 5.35. The maximum absolute atomic E-state index is 13.6. The summed E-state index contributed by atoms with van der Waals surface area (Å²) in [6.45, 7) is 8.16. The lowest BCUT2D eigenvalue weighted by Gasteiger charge is -2.44. The van der Waals surface area contributed by atoms with E-state index < -0.39 is 5.92 Å². The molecule has 0 bridgehead atoms. The van der Waals surface area contributed by atoms with Crippen LogP contribution in [-0.4, -0.2) is 31.2 Å². The second-order valence-electron chi connectivity index (χ2n) is 12.3. The number of hydrogen-bond acceptors (Lipinski definition) is 6. The van der Waals surface area contributed by atoms with E-state index in [9.17, 15) is 14.4 Å². The van der Waals surface area contributed by atoms with Gasteiger partial charge in [0.2, 0.25) is 0 Å². The summed E-state index contributed by atoms with van der Waals surface area (Å²) < 4.78 is 11.4. The fraction of sp³-hybridized carbons (Fsp3) is 0.406. The van der Waals surface area contributed by atoms with Crippen LogP contribution in [0.5, 0.6) is 11.5 Å². The van der Waals surface area contributed by atoms with Gasteiger partial charge in [-0.2, -0.15) is 0 Å². The molecule has 2 aromatic carbocycles. The van der Waals surface area contributed by atoms with E-state index in [1.165, 1.54) is 0 Å². The third-order valence-electron chi connectivity index (χ3n) is 7.69. The first-order valence-electron chi connectivity index (χ1n) is 13.4. The van der Waals surface area contributed by atoms with Gasteiger partial charge >= 0.3 is 0 Å². The summed E-state index contributed by atoms with van der Waals surface area (Å²) in [7, 11) is 1.55. The molecule has 0 saturated carbocycles. The molecule has 5 rings (SSSR count). The Balaban J connectivity index is 1.50. The van der Waals surface area contributed by atoms with Crippen LogP contribution >= 0.6 is 0 Å². The number of carbonyl (C=O) groups excluding carboxylic acids is 3. The minimum absolute atomic E-state index is 0.0478. The van der Waals surface area contributed by atoms with Crippen molar-refractivity contribution in [3.63, 3.8) is 0 Å². The highest BCUT2D eigenvalue weighted by Gasteiger charge is 2.47. The summed E-state index contributed by atoms with van der Waals surface area (Å²) in [6.07, 6.45) is 2.27. The summed E-state index contributed by atoms with van der Waals surface area (Å²) in [5, 5.41) is 6.37. The Hall–Kier alpha value is -3.87. The maximum Gasteiger partial charge on any atom is 0.262 e. The molecule has 1 amide bonds. The highest BCUT2D eigenvalue weighted by Crippen LogP contribution is 2.52. The summed E-state index contributed by atoms with van der Waals surface area (Å²) >= 11 is 0. The van der Waals surface area contributed by atoms with Crippen molar-refractivity contribution in [2.75, 3.05) is 19.0 Å². The van der Waals surface area contributed by atoms with Gasteiger partial charge in [-0.3, -0.25) is 14.4 Å². The molecular formula is C32H36N2O5. The molecule has 0 aromatic heterocycles. The van der Waals surface area contributed by atoms with Crippen molar-refractivity contribution in [2.24, 2.45) is 10.8 Å². The van der Waals surface area contributed by atoms with E-state index in [0.29, 0.717) is 41.2 Å². The Labute approximate surface area is 229 Å². The molecule has 2 aliphatic carbocycles. The van der Waals surface area contributed by atoms with Crippen molar-refractivity contribution >= 4 is 23.2 Å². The number of dihydropyridines is 1. The van der Waals surface area contributed by atoms with Gasteiger partial charge in [0.05, 0.1) is 12.8 Å². The molecule has 0 saturated heterocycles. The minimum Gasteiger partial charge on any atom is -0.495 e. The van der Waals surface area contributed by atoms with E-state index in [1.54, 1.807) is 25.3 Å². The minimum atomic E-state index is -0.531. The molecule has 7 nitrogen and oxygen atoms in total. The Morgan fingerprint density at radius 3 is 1.97 bits per heavy atom. The van der Waals surface area contributed by atoms with Crippen LogP contribution in [0, 0.1) is 10.8 Å². The van der Waals surface area contributed by atoms with Gasteiger partial charge in [0.15, 0.2) is 18.2 Å². The monoisotopic (exact) mass is 528 g/mol. The predicted molar refractivity (Wildman–Crippen MR) is 150 cm³/mol. The average Bonchev–Trinajstić information content (AvgIpc) is 2.85. The lowest BCUT2D eigenvalue weighted by atomic mass is 9.64. The molecule has 3 aliphatic rings. The molecule has 0 fully saturated rings. The van der Waals surface area contributed by atoms with Crippen LogP contribution in [0.1, 0.15) is 64.9 Å². The van der Waals surface area contributed by atoms with Crippen LogP contribution in [0.3, 0.4) is 0 Å². The van der Waals surface area contributed by atoms with Gasteiger partial charge in [0.25, 0.3) is 5.91 Å². The second-order valence-corrected chi connectivity index (χ2v) is 12.3. The van der Waals surface area contributed by atoms with Crippen LogP contribution in [0.4, 0.5) is 5.69 Å². The van der Waals surface area contributed by atoms with E-state index in [0.717, 1.165) is 29.8 Å². The molecule has 1 heterocycles. The Morgan fingerprint density at radius 1 is 0.846 bits per heavy atom. The highest BCUT2D eigenvalue weighted by molar-refractivity contribution is 6.07. The van der Waals surface area contributed by atoms with E-state index in [-0.39, 0.29) is 34.9 Å². The van der Waals surface area contributed by atoms with Crippen LogP contribution < -0.4 is 20.1 Å². The van der Waals surface area contributed by atoms with Gasteiger partial charge in [0.1, 0.15) is 11.5 Å². The van der Waals surface area contributed by atoms with Crippen LogP contribution in [-0.2, 0) is 14.4 Å². The van der Waals surface area contributed by atoms with Gasteiger partial charge in [-0.1, -0.05) is 58.0 Å². The first-order valence-corrected chi connectivity index (χ1v) is 13.4. The predicted octanol–water partition coefficient (Wildman–Crippen LogP) is 5.69. The number of ketones is 2. The highest BCUT2D eigenvalue weighted by atomic mass is 16.5. The quantitative estimate of drug-likeness (QED) is 0.501. The van der Waals surface area contributed by atoms with Crippen molar-refractivity contribution < 1.29 is 23.9 Å². The largest absolute Gasteiger partial charge is 0.495 e. The van der Waals surface area contributed by atoms with Crippen LogP contribution in [0.2, 0.25) is 0 Å². The normalized spacial score (nSPS) is 20.1. The number of methoxy groups -OCH3 is 1. The number of benzene rings is 2. The Bertz CT molecular complexity index is 1360. The molecule has 204 valence electrons. The van der Waals surface area contributed by atoms with E-state index in [1.807, 2.05) is 30.3 Å². The SMILES string of the molecule is COc1ccccc1NC(=O)COc1ccccc1C1C2=C(CC(C)(C)CC2=O)NC2=C1C(=O)CC(C)(C)C2. The zero-order valence-electron chi connectivity index (χ0n) is 23.3. The molecule has 7 heteroatoms. The van der Waals surface area contributed by atoms with Gasteiger partial charge in [-0.05, 0) is 41.9 Å². The van der Waals surface area contributed by atoms with Gasteiger partial charge < -0.3 is 20.1 Å². The van der Waals surface area contributed by atoms with Crippen molar-refractivity contribution in [2.45, 2.75) is 59.3 Å². The Morgan fingerprint density at radius 2 is 1.38 bits per heavy atom. The maximum atomic E-state index is 13.6. The molecule has 1 aliphatic heterocycles. The number of ether oxygens (including phenoxy) is 2. The van der Waals surface area contributed by atoms with Crippen molar-refractivity contribution in [1.82, 2.24) is 5.32 Å².